The largest absolute Gasteiger partial charge is 0.375 e. The van der Waals surface area contributed by atoms with Crippen LogP contribution in [0, 0.1) is 5.82 Å². The van der Waals surface area contributed by atoms with Crippen LogP contribution in [0.15, 0.2) is 22.7 Å². The van der Waals surface area contributed by atoms with Gasteiger partial charge in [0.25, 0.3) is 0 Å². The van der Waals surface area contributed by atoms with Gasteiger partial charge in [0, 0.05) is 11.0 Å². The minimum absolute atomic E-state index is 0.255. The van der Waals surface area contributed by atoms with E-state index in [4.69, 9.17) is 10.5 Å². The molecule has 0 amide bonds. The summed E-state index contributed by atoms with van der Waals surface area (Å²) in [5.41, 5.74) is 6.05. The Morgan fingerprint density at radius 3 is 2.92 bits per heavy atom. The maximum atomic E-state index is 12.8. The Labute approximate surface area is 85.0 Å². The molecule has 0 aliphatic heterocycles. The maximum Gasteiger partial charge on any atom is 0.123 e. The van der Waals surface area contributed by atoms with Crippen molar-refractivity contribution in [1.29, 1.82) is 0 Å². The predicted molar refractivity (Wildman–Crippen MR) is 52.8 cm³/mol. The molecule has 0 heterocycles. The van der Waals surface area contributed by atoms with Crippen LogP contribution < -0.4 is 5.73 Å². The highest BCUT2D eigenvalue weighted by atomic mass is 79.9. The first kappa shape index (κ1) is 10.6. The molecular weight excluding hydrogens is 237 g/mol. The molecule has 4 heteroatoms. The zero-order chi connectivity index (χ0) is 9.68. The number of benzene rings is 1. The summed E-state index contributed by atoms with van der Waals surface area (Å²) < 4.78 is 18.8. The standard InChI is InChI=1S/C9H11BrFNO/c10-9-2-1-8(11)5-7(9)6-13-4-3-12/h1-2,5H,3-4,6,12H2. The van der Waals surface area contributed by atoms with Crippen LogP contribution in [-0.4, -0.2) is 13.2 Å². The third-order valence-corrected chi connectivity index (χ3v) is 2.30. The molecule has 0 aliphatic carbocycles. The van der Waals surface area contributed by atoms with Crippen molar-refractivity contribution in [3.8, 4) is 0 Å². The fourth-order valence-corrected chi connectivity index (χ4v) is 1.28. The second kappa shape index (κ2) is 5.32. The van der Waals surface area contributed by atoms with Crippen molar-refractivity contribution in [3.63, 3.8) is 0 Å². The summed E-state index contributed by atoms with van der Waals surface area (Å²) >= 11 is 3.30. The highest BCUT2D eigenvalue weighted by Gasteiger charge is 2.01. The lowest BCUT2D eigenvalue weighted by Crippen LogP contribution is -2.08. The Balaban J connectivity index is 2.59. The molecule has 2 N–H and O–H groups in total. The van der Waals surface area contributed by atoms with Crippen LogP contribution in [0.5, 0.6) is 0 Å². The fraction of sp³-hybridized carbons (Fsp3) is 0.333. The van der Waals surface area contributed by atoms with Gasteiger partial charge in [-0.15, -0.1) is 0 Å². The van der Waals surface area contributed by atoms with E-state index in [0.717, 1.165) is 10.0 Å². The van der Waals surface area contributed by atoms with Crippen LogP contribution in [0.25, 0.3) is 0 Å². The summed E-state index contributed by atoms with van der Waals surface area (Å²) in [6.07, 6.45) is 0. The summed E-state index contributed by atoms with van der Waals surface area (Å²) in [7, 11) is 0. The molecule has 2 nitrogen and oxygen atoms in total. The van der Waals surface area contributed by atoms with E-state index in [2.05, 4.69) is 15.9 Å². The van der Waals surface area contributed by atoms with Crippen LogP contribution in [0.4, 0.5) is 4.39 Å². The van der Waals surface area contributed by atoms with E-state index in [1.807, 2.05) is 0 Å². The SMILES string of the molecule is NCCOCc1cc(F)ccc1Br. The highest BCUT2D eigenvalue weighted by molar-refractivity contribution is 9.10. The topological polar surface area (TPSA) is 35.2 Å². The van der Waals surface area contributed by atoms with Gasteiger partial charge in [-0.1, -0.05) is 15.9 Å². The molecule has 0 fully saturated rings. The second-order valence-corrected chi connectivity index (χ2v) is 3.43. The maximum absolute atomic E-state index is 12.8. The van der Waals surface area contributed by atoms with E-state index in [9.17, 15) is 4.39 Å². The smallest absolute Gasteiger partial charge is 0.123 e. The lowest BCUT2D eigenvalue weighted by Gasteiger charge is -2.04. The Morgan fingerprint density at radius 2 is 2.23 bits per heavy atom. The predicted octanol–water partition coefficient (Wildman–Crippen LogP) is 2.06. The van der Waals surface area contributed by atoms with Crippen LogP contribution >= 0.6 is 15.9 Å². The summed E-state index contributed by atoms with van der Waals surface area (Å²) in [5.74, 6) is -0.255. The molecular formula is C9H11BrFNO. The van der Waals surface area contributed by atoms with E-state index in [1.54, 1.807) is 6.07 Å². The van der Waals surface area contributed by atoms with Gasteiger partial charge in [-0.05, 0) is 23.8 Å². The van der Waals surface area contributed by atoms with Crippen molar-refractivity contribution in [3.05, 3.63) is 34.1 Å². The number of halogens is 2. The Morgan fingerprint density at radius 1 is 1.46 bits per heavy atom. The third-order valence-electron chi connectivity index (χ3n) is 1.53. The first-order chi connectivity index (χ1) is 6.24. The first-order valence-electron chi connectivity index (χ1n) is 3.96. The lowest BCUT2D eigenvalue weighted by molar-refractivity contribution is 0.127. The molecule has 0 radical (unpaired) electrons. The molecule has 72 valence electrons. The van der Waals surface area contributed by atoms with Gasteiger partial charge in [-0.25, -0.2) is 4.39 Å². The number of hydrogen-bond donors (Lipinski definition) is 1. The van der Waals surface area contributed by atoms with Crippen molar-refractivity contribution in [2.24, 2.45) is 5.73 Å². The highest BCUT2D eigenvalue weighted by Crippen LogP contribution is 2.18. The van der Waals surface area contributed by atoms with E-state index < -0.39 is 0 Å². The van der Waals surface area contributed by atoms with E-state index >= 15 is 0 Å². The van der Waals surface area contributed by atoms with Gasteiger partial charge in [-0.2, -0.15) is 0 Å². The van der Waals surface area contributed by atoms with Crippen molar-refractivity contribution in [1.82, 2.24) is 0 Å². The van der Waals surface area contributed by atoms with Gasteiger partial charge in [0.2, 0.25) is 0 Å². The number of hydrogen-bond acceptors (Lipinski definition) is 2. The minimum Gasteiger partial charge on any atom is -0.375 e. The van der Waals surface area contributed by atoms with Crippen LogP contribution in [0.3, 0.4) is 0 Å². The molecule has 1 rings (SSSR count). The average molecular weight is 248 g/mol. The van der Waals surface area contributed by atoms with E-state index in [0.29, 0.717) is 19.8 Å². The van der Waals surface area contributed by atoms with Gasteiger partial charge in [-0.3, -0.25) is 0 Å². The first-order valence-corrected chi connectivity index (χ1v) is 4.75. The number of nitrogens with two attached hydrogens (primary N) is 1. The summed E-state index contributed by atoms with van der Waals surface area (Å²) in [4.78, 5) is 0. The van der Waals surface area contributed by atoms with Crippen LogP contribution in [0.1, 0.15) is 5.56 Å². The van der Waals surface area contributed by atoms with E-state index in [-0.39, 0.29) is 5.82 Å². The zero-order valence-electron chi connectivity index (χ0n) is 7.09. The minimum atomic E-state index is -0.255. The normalized spacial score (nSPS) is 10.4. The summed E-state index contributed by atoms with van der Waals surface area (Å²) in [5, 5.41) is 0. The quantitative estimate of drug-likeness (QED) is 0.828. The Bertz CT molecular complexity index is 280. The molecule has 0 spiro atoms. The zero-order valence-corrected chi connectivity index (χ0v) is 8.68. The second-order valence-electron chi connectivity index (χ2n) is 2.58. The monoisotopic (exact) mass is 247 g/mol. The molecule has 0 atom stereocenters. The molecule has 0 saturated heterocycles. The van der Waals surface area contributed by atoms with Crippen molar-refractivity contribution in [2.75, 3.05) is 13.2 Å². The van der Waals surface area contributed by atoms with Crippen molar-refractivity contribution >= 4 is 15.9 Å². The van der Waals surface area contributed by atoms with Crippen molar-refractivity contribution < 1.29 is 9.13 Å². The number of rotatable bonds is 4. The molecule has 0 saturated carbocycles. The molecule has 1 aromatic rings. The Kier molecular flexibility index (Phi) is 4.35. The molecule has 0 aromatic heterocycles. The molecule has 0 unspecified atom stereocenters. The number of ether oxygens (including phenoxy) is 1. The summed E-state index contributed by atoms with van der Waals surface area (Å²) in [6.45, 7) is 1.35. The van der Waals surface area contributed by atoms with Gasteiger partial charge >= 0.3 is 0 Å². The molecule has 13 heavy (non-hydrogen) atoms. The van der Waals surface area contributed by atoms with Crippen LogP contribution in [0.2, 0.25) is 0 Å². The van der Waals surface area contributed by atoms with Crippen molar-refractivity contribution in [2.45, 2.75) is 6.61 Å². The molecule has 0 bridgehead atoms. The molecule has 0 aliphatic rings. The fourth-order valence-electron chi connectivity index (χ4n) is 0.919. The van der Waals surface area contributed by atoms with Gasteiger partial charge < -0.3 is 10.5 Å². The van der Waals surface area contributed by atoms with E-state index in [1.165, 1.54) is 12.1 Å². The van der Waals surface area contributed by atoms with Gasteiger partial charge in [0.15, 0.2) is 0 Å². The summed E-state index contributed by atoms with van der Waals surface area (Å²) in [6, 6.07) is 4.51. The lowest BCUT2D eigenvalue weighted by atomic mass is 10.2. The van der Waals surface area contributed by atoms with Gasteiger partial charge in [0.05, 0.1) is 13.2 Å². The average Bonchev–Trinajstić information content (AvgIpc) is 2.11. The Hall–Kier alpha value is -0.450. The van der Waals surface area contributed by atoms with Crippen LogP contribution in [-0.2, 0) is 11.3 Å². The molecule has 1 aromatic carbocycles. The van der Waals surface area contributed by atoms with Gasteiger partial charge in [0.1, 0.15) is 5.82 Å². The third kappa shape index (κ3) is 3.42.